The molecule has 1 aromatic carbocycles. The average molecular weight is 557 g/mol. The van der Waals surface area contributed by atoms with Gasteiger partial charge in [-0.3, -0.25) is 19.5 Å². The maximum Gasteiger partial charge on any atom is 0.327 e. The fourth-order valence-corrected chi connectivity index (χ4v) is 6.70. The van der Waals surface area contributed by atoms with Gasteiger partial charge in [0.2, 0.25) is 11.8 Å². The molecule has 0 spiro atoms. The number of pyridine rings is 2. The lowest BCUT2D eigenvalue weighted by Gasteiger charge is -2.34. The standard InChI is InChI=1S/C29H28N6O4S/c1-3-23(36)32-19-6-4-7-20(19)33-27(37)26-25-24-21(13-15-31-28(24)40-26)35(29(38)34-25)17-9-11-18(12-10-17)39-22-8-5-14-30-16(22)2/h3,5,8-15,19-20,25-26H,1,4,6-7H2,2H3,(H,32,36)(H,33,37)(H,34,38)/t19-,20+,25?,26?/m0/s1. The van der Waals surface area contributed by atoms with Crippen LogP contribution in [0.15, 0.2) is 72.5 Å². The van der Waals surface area contributed by atoms with Crippen LogP contribution < -0.4 is 25.6 Å². The van der Waals surface area contributed by atoms with E-state index >= 15 is 0 Å². The third-order valence-corrected chi connectivity index (χ3v) is 8.69. The lowest BCUT2D eigenvalue weighted by Crippen LogP contribution is -2.53. The zero-order valence-electron chi connectivity index (χ0n) is 21.8. The molecule has 11 heteroatoms. The van der Waals surface area contributed by atoms with Gasteiger partial charge in [-0.2, -0.15) is 0 Å². The number of ether oxygens (including phenoxy) is 1. The number of carbonyl (C=O) groups excluding carboxylic acids is 3. The number of aromatic nitrogens is 2. The zero-order chi connectivity index (χ0) is 27.8. The highest BCUT2D eigenvalue weighted by atomic mass is 32.2. The SMILES string of the molecule is C=CC(=O)N[C@H]1CCC[C@H]1NC(=O)C1Sc2nccc3c2C1NC(=O)N3c1ccc(Oc2cccnc2C)cc1. The molecule has 3 aliphatic rings. The van der Waals surface area contributed by atoms with Crippen molar-refractivity contribution in [1.82, 2.24) is 25.9 Å². The minimum atomic E-state index is -0.579. The number of benzene rings is 1. The fourth-order valence-electron chi connectivity index (χ4n) is 5.46. The van der Waals surface area contributed by atoms with Gasteiger partial charge in [0.1, 0.15) is 21.8 Å². The van der Waals surface area contributed by atoms with Gasteiger partial charge in [0, 0.05) is 30.0 Å². The van der Waals surface area contributed by atoms with E-state index in [2.05, 4.69) is 32.5 Å². The number of thioether (sulfide) groups is 1. The summed E-state index contributed by atoms with van der Waals surface area (Å²) in [5.41, 5.74) is 2.95. The van der Waals surface area contributed by atoms with Gasteiger partial charge in [-0.25, -0.2) is 9.78 Å². The molecule has 4 atom stereocenters. The number of urea groups is 1. The highest BCUT2D eigenvalue weighted by molar-refractivity contribution is 8.01. The van der Waals surface area contributed by atoms with E-state index in [9.17, 15) is 14.4 Å². The Balaban J connectivity index is 1.21. The van der Waals surface area contributed by atoms with E-state index in [0.29, 0.717) is 27.9 Å². The Morgan fingerprint density at radius 2 is 1.88 bits per heavy atom. The Morgan fingerprint density at radius 1 is 1.10 bits per heavy atom. The Morgan fingerprint density at radius 3 is 2.62 bits per heavy atom. The lowest BCUT2D eigenvalue weighted by molar-refractivity contribution is -0.122. The monoisotopic (exact) mass is 556 g/mol. The van der Waals surface area contributed by atoms with E-state index < -0.39 is 11.3 Å². The second-order valence-electron chi connectivity index (χ2n) is 9.90. The number of anilines is 2. The summed E-state index contributed by atoms with van der Waals surface area (Å²) < 4.78 is 5.96. The quantitative estimate of drug-likeness (QED) is 0.371. The molecule has 3 aromatic rings. The van der Waals surface area contributed by atoms with Gasteiger partial charge in [0.05, 0.1) is 23.1 Å². The van der Waals surface area contributed by atoms with Crippen molar-refractivity contribution < 1.29 is 19.1 Å². The summed E-state index contributed by atoms with van der Waals surface area (Å²) in [5.74, 6) is 0.838. The zero-order valence-corrected chi connectivity index (χ0v) is 22.6. The average Bonchev–Trinajstić information content (AvgIpc) is 3.55. The number of hydrogen-bond donors (Lipinski definition) is 3. The van der Waals surface area contributed by atoms with Crippen molar-refractivity contribution in [3.8, 4) is 11.5 Å². The van der Waals surface area contributed by atoms with Crippen LogP contribution in [0.3, 0.4) is 0 Å². The van der Waals surface area contributed by atoms with E-state index in [1.54, 1.807) is 35.5 Å². The summed E-state index contributed by atoms with van der Waals surface area (Å²) in [7, 11) is 0. The van der Waals surface area contributed by atoms with E-state index in [1.807, 2.05) is 31.2 Å². The van der Waals surface area contributed by atoms with Crippen molar-refractivity contribution in [2.45, 2.75) is 54.6 Å². The first-order valence-corrected chi connectivity index (χ1v) is 14.0. The second-order valence-corrected chi connectivity index (χ2v) is 11.0. The maximum atomic E-state index is 13.5. The topological polar surface area (TPSA) is 126 Å². The van der Waals surface area contributed by atoms with Crippen molar-refractivity contribution in [2.24, 2.45) is 0 Å². The minimum Gasteiger partial charge on any atom is -0.455 e. The van der Waals surface area contributed by atoms with Crippen molar-refractivity contribution in [3.63, 3.8) is 0 Å². The molecule has 0 saturated heterocycles. The summed E-state index contributed by atoms with van der Waals surface area (Å²) in [6.07, 6.45) is 7.06. The van der Waals surface area contributed by atoms with Crippen LogP contribution in [0.2, 0.25) is 0 Å². The van der Waals surface area contributed by atoms with Gasteiger partial charge < -0.3 is 20.7 Å². The van der Waals surface area contributed by atoms with E-state index in [4.69, 9.17) is 4.74 Å². The predicted octanol–water partition coefficient (Wildman–Crippen LogP) is 4.29. The summed E-state index contributed by atoms with van der Waals surface area (Å²) in [6.45, 7) is 5.38. The van der Waals surface area contributed by atoms with Gasteiger partial charge in [-0.15, -0.1) is 0 Å². The van der Waals surface area contributed by atoms with Crippen LogP contribution in [-0.2, 0) is 9.59 Å². The molecular weight excluding hydrogens is 528 g/mol. The molecule has 2 unspecified atom stereocenters. The third-order valence-electron chi connectivity index (χ3n) is 7.40. The number of nitrogens with one attached hydrogen (secondary N) is 3. The fraction of sp³-hybridized carbons (Fsp3) is 0.276. The molecule has 4 amide bonds. The molecule has 4 heterocycles. The number of aryl methyl sites for hydroxylation is 1. The van der Waals surface area contributed by atoms with Crippen LogP contribution in [0, 0.1) is 6.92 Å². The normalized spacial score (nSPS) is 22.7. The van der Waals surface area contributed by atoms with Crippen LogP contribution in [0.4, 0.5) is 16.2 Å². The van der Waals surface area contributed by atoms with Gasteiger partial charge >= 0.3 is 6.03 Å². The first-order chi connectivity index (χ1) is 19.4. The van der Waals surface area contributed by atoms with E-state index in [1.165, 1.54) is 17.8 Å². The van der Waals surface area contributed by atoms with Crippen molar-refractivity contribution >= 4 is 41.0 Å². The van der Waals surface area contributed by atoms with E-state index in [-0.39, 0.29) is 29.9 Å². The molecular formula is C29H28N6O4S. The smallest absolute Gasteiger partial charge is 0.327 e. The van der Waals surface area contributed by atoms with Crippen molar-refractivity contribution in [3.05, 3.63) is 78.8 Å². The Hall–Kier alpha value is -4.38. The molecule has 1 aliphatic carbocycles. The van der Waals surface area contributed by atoms with Crippen LogP contribution in [-0.4, -0.2) is 45.1 Å². The van der Waals surface area contributed by atoms with Gasteiger partial charge in [-0.1, -0.05) is 18.3 Å². The van der Waals surface area contributed by atoms with Crippen LogP contribution in [0.1, 0.15) is 36.6 Å². The lowest BCUT2D eigenvalue weighted by atomic mass is 9.99. The Bertz CT molecular complexity index is 1500. The number of carbonyl (C=O) groups is 3. The summed E-state index contributed by atoms with van der Waals surface area (Å²) >= 11 is 1.34. The maximum absolute atomic E-state index is 13.5. The van der Waals surface area contributed by atoms with Crippen LogP contribution in [0.25, 0.3) is 0 Å². The third kappa shape index (κ3) is 4.77. The molecule has 40 heavy (non-hydrogen) atoms. The highest BCUT2D eigenvalue weighted by Crippen LogP contribution is 2.50. The van der Waals surface area contributed by atoms with Crippen molar-refractivity contribution in [2.75, 3.05) is 4.90 Å². The molecule has 2 aliphatic heterocycles. The second kappa shape index (κ2) is 10.6. The van der Waals surface area contributed by atoms with Gasteiger partial charge in [0.25, 0.3) is 0 Å². The number of rotatable bonds is 7. The molecule has 0 bridgehead atoms. The number of hydrogen-bond acceptors (Lipinski definition) is 7. The van der Waals surface area contributed by atoms with Crippen LogP contribution >= 0.6 is 11.8 Å². The minimum absolute atomic E-state index is 0.151. The molecule has 10 nitrogen and oxygen atoms in total. The Labute approximate surface area is 235 Å². The Kier molecular flexibility index (Phi) is 6.89. The molecule has 3 N–H and O–H groups in total. The van der Waals surface area contributed by atoms with Gasteiger partial charge in [0.15, 0.2) is 0 Å². The molecule has 1 fully saturated rings. The molecule has 2 aromatic heterocycles. The first-order valence-electron chi connectivity index (χ1n) is 13.1. The van der Waals surface area contributed by atoms with Gasteiger partial charge in [-0.05, 0) is 74.7 Å². The molecule has 6 rings (SSSR count). The van der Waals surface area contributed by atoms with E-state index in [0.717, 1.165) is 30.5 Å². The number of amides is 4. The number of nitrogens with zero attached hydrogens (tertiary/aromatic N) is 3. The summed E-state index contributed by atoms with van der Waals surface area (Å²) in [4.78, 5) is 49.1. The first kappa shape index (κ1) is 25.9. The largest absolute Gasteiger partial charge is 0.455 e. The van der Waals surface area contributed by atoms with Crippen LogP contribution in [0.5, 0.6) is 11.5 Å². The molecule has 1 saturated carbocycles. The highest BCUT2D eigenvalue weighted by Gasteiger charge is 2.47. The molecule has 0 radical (unpaired) electrons. The summed E-state index contributed by atoms with van der Waals surface area (Å²) in [5, 5.41) is 9.19. The van der Waals surface area contributed by atoms with Crippen molar-refractivity contribution in [1.29, 1.82) is 0 Å². The molecule has 204 valence electrons. The predicted molar refractivity (Wildman–Crippen MR) is 151 cm³/mol. The summed E-state index contributed by atoms with van der Waals surface area (Å²) in [6, 6.07) is 11.5.